The molecular weight excluding hydrogens is 352 g/mol. The molecule has 0 aliphatic carbocycles. The molecule has 0 radical (unpaired) electrons. The number of thiazole rings is 2. The van der Waals surface area contributed by atoms with E-state index in [0.717, 1.165) is 32.1 Å². The molecule has 4 nitrogen and oxygen atoms in total. The number of rotatable bonds is 2. The summed E-state index contributed by atoms with van der Waals surface area (Å²) in [5, 5.41) is 3.67. The summed E-state index contributed by atoms with van der Waals surface area (Å²) in [4.78, 5) is 20.9. The molecule has 0 saturated heterocycles. The van der Waals surface area contributed by atoms with Crippen LogP contribution in [0.15, 0.2) is 30.3 Å². The van der Waals surface area contributed by atoms with Crippen molar-refractivity contribution in [1.82, 2.24) is 9.97 Å². The van der Waals surface area contributed by atoms with Gasteiger partial charge in [-0.1, -0.05) is 17.4 Å². The van der Waals surface area contributed by atoms with Crippen LogP contribution in [0.1, 0.15) is 15.4 Å². The molecule has 2 aromatic heterocycles. The zero-order valence-corrected chi connectivity index (χ0v) is 13.9. The van der Waals surface area contributed by atoms with Crippen molar-refractivity contribution in [2.75, 3.05) is 5.32 Å². The Hall–Kier alpha value is -2.45. The van der Waals surface area contributed by atoms with Gasteiger partial charge in [-0.3, -0.25) is 10.1 Å². The number of carbonyl (C=O) groups is 1. The van der Waals surface area contributed by atoms with Crippen molar-refractivity contribution in [2.24, 2.45) is 0 Å². The molecule has 2 aromatic carbocycles. The highest BCUT2D eigenvalue weighted by Crippen LogP contribution is 2.34. The van der Waals surface area contributed by atoms with E-state index in [4.69, 9.17) is 0 Å². The van der Waals surface area contributed by atoms with Crippen LogP contribution in [0.5, 0.6) is 0 Å². The third-order valence-electron chi connectivity index (χ3n) is 3.43. The van der Waals surface area contributed by atoms with Crippen molar-refractivity contribution in [1.29, 1.82) is 0 Å². The van der Waals surface area contributed by atoms with Crippen molar-refractivity contribution in [2.45, 2.75) is 6.92 Å². The first-order valence-electron chi connectivity index (χ1n) is 6.95. The number of nitrogens with zero attached hydrogens (tertiary/aromatic N) is 2. The molecule has 0 atom stereocenters. The Kier molecular flexibility index (Phi) is 3.50. The largest absolute Gasteiger partial charge is 0.298 e. The fraction of sp³-hybridized carbons (Fsp3) is 0.0625. The number of nitrogens with one attached hydrogen (secondary N) is 1. The van der Waals surface area contributed by atoms with Crippen molar-refractivity contribution >= 4 is 54.1 Å². The zero-order chi connectivity index (χ0) is 16.8. The van der Waals surface area contributed by atoms with Gasteiger partial charge in [-0.2, -0.15) is 0 Å². The number of fused-ring (bicyclic) bond motifs is 3. The standard InChI is InChI=1S/C16H9F2N3OS2/c1-7-19-13-11(23-7)6-5-10-14(13)24-16(20-10)21-15(22)12-8(17)3-2-4-9(12)18/h2-6H,1H3,(H,20,21,22). The molecule has 8 heteroatoms. The summed E-state index contributed by atoms with van der Waals surface area (Å²) in [6, 6.07) is 7.05. The summed E-state index contributed by atoms with van der Waals surface area (Å²) >= 11 is 2.80. The fourth-order valence-electron chi connectivity index (χ4n) is 2.42. The number of aromatic nitrogens is 2. The van der Waals surface area contributed by atoms with Crippen LogP contribution in [0.4, 0.5) is 13.9 Å². The normalized spacial score (nSPS) is 11.3. The van der Waals surface area contributed by atoms with Gasteiger partial charge in [-0.05, 0) is 31.2 Å². The van der Waals surface area contributed by atoms with Gasteiger partial charge in [-0.15, -0.1) is 11.3 Å². The predicted molar refractivity (Wildman–Crippen MR) is 91.8 cm³/mol. The molecule has 120 valence electrons. The van der Waals surface area contributed by atoms with Gasteiger partial charge in [0, 0.05) is 0 Å². The van der Waals surface area contributed by atoms with Crippen molar-refractivity contribution in [3.05, 3.63) is 52.5 Å². The summed E-state index contributed by atoms with van der Waals surface area (Å²) in [6.07, 6.45) is 0. The highest BCUT2D eigenvalue weighted by atomic mass is 32.1. The Morgan fingerprint density at radius 3 is 2.58 bits per heavy atom. The monoisotopic (exact) mass is 361 g/mol. The van der Waals surface area contributed by atoms with E-state index in [2.05, 4.69) is 15.3 Å². The van der Waals surface area contributed by atoms with Gasteiger partial charge in [0.25, 0.3) is 5.91 Å². The SMILES string of the molecule is Cc1nc2c(ccc3nc(NC(=O)c4c(F)cccc4F)sc32)s1. The van der Waals surface area contributed by atoms with Crippen LogP contribution in [0.3, 0.4) is 0 Å². The minimum atomic E-state index is -0.911. The summed E-state index contributed by atoms with van der Waals surface area (Å²) < 4.78 is 29.2. The molecule has 0 bridgehead atoms. The van der Waals surface area contributed by atoms with Crippen LogP contribution >= 0.6 is 22.7 Å². The molecule has 24 heavy (non-hydrogen) atoms. The van der Waals surface area contributed by atoms with E-state index in [1.807, 2.05) is 19.1 Å². The first-order chi connectivity index (χ1) is 11.5. The van der Waals surface area contributed by atoms with Crippen molar-refractivity contribution in [3.63, 3.8) is 0 Å². The number of hydrogen-bond donors (Lipinski definition) is 1. The Morgan fingerprint density at radius 2 is 1.83 bits per heavy atom. The van der Waals surface area contributed by atoms with Gasteiger partial charge in [0.2, 0.25) is 0 Å². The van der Waals surface area contributed by atoms with E-state index < -0.39 is 23.1 Å². The first kappa shape index (κ1) is 15.1. The molecule has 4 rings (SSSR count). The van der Waals surface area contributed by atoms with Crippen molar-refractivity contribution in [3.8, 4) is 0 Å². The maximum atomic E-state index is 13.7. The molecule has 2 heterocycles. The number of hydrogen-bond acceptors (Lipinski definition) is 5. The molecule has 0 spiro atoms. The highest BCUT2D eigenvalue weighted by Gasteiger charge is 2.19. The number of amides is 1. The Balaban J connectivity index is 1.75. The molecular formula is C16H9F2N3OS2. The molecule has 1 amide bonds. The summed E-state index contributed by atoms with van der Waals surface area (Å²) in [5.41, 5.74) is 0.888. The number of benzene rings is 2. The fourth-order valence-corrected chi connectivity index (χ4v) is 4.27. The van der Waals surface area contributed by atoms with Crippen LogP contribution in [0.25, 0.3) is 20.4 Å². The topological polar surface area (TPSA) is 54.9 Å². The number of carbonyl (C=O) groups excluding carboxylic acids is 1. The minimum absolute atomic E-state index is 0.274. The number of halogens is 2. The van der Waals surface area contributed by atoms with Crippen LogP contribution in [-0.4, -0.2) is 15.9 Å². The van der Waals surface area contributed by atoms with Gasteiger partial charge < -0.3 is 0 Å². The van der Waals surface area contributed by atoms with Crippen LogP contribution in [0, 0.1) is 18.6 Å². The summed E-state index contributed by atoms with van der Waals surface area (Å²) in [6.45, 7) is 1.92. The van der Waals surface area contributed by atoms with E-state index in [1.165, 1.54) is 17.4 Å². The maximum absolute atomic E-state index is 13.7. The van der Waals surface area contributed by atoms with Crippen LogP contribution in [0.2, 0.25) is 0 Å². The molecule has 0 fully saturated rings. The number of anilines is 1. The molecule has 0 saturated carbocycles. The second-order valence-electron chi connectivity index (χ2n) is 5.06. The summed E-state index contributed by atoms with van der Waals surface area (Å²) in [5.74, 6) is -2.69. The molecule has 0 unspecified atom stereocenters. The van der Waals surface area contributed by atoms with E-state index >= 15 is 0 Å². The summed E-state index contributed by atoms with van der Waals surface area (Å²) in [7, 11) is 0. The smallest absolute Gasteiger partial charge is 0.263 e. The van der Waals surface area contributed by atoms with Gasteiger partial charge in [0.05, 0.1) is 19.9 Å². The quantitative estimate of drug-likeness (QED) is 0.561. The van der Waals surface area contributed by atoms with Gasteiger partial charge in [-0.25, -0.2) is 18.7 Å². The Labute approximate surface area is 142 Å². The minimum Gasteiger partial charge on any atom is -0.298 e. The lowest BCUT2D eigenvalue weighted by Gasteiger charge is -2.03. The highest BCUT2D eigenvalue weighted by molar-refractivity contribution is 7.24. The van der Waals surface area contributed by atoms with Crippen LogP contribution in [-0.2, 0) is 0 Å². The van der Waals surface area contributed by atoms with E-state index in [-0.39, 0.29) is 5.13 Å². The third-order valence-corrected chi connectivity index (χ3v) is 5.36. The molecule has 4 aromatic rings. The third kappa shape index (κ3) is 2.44. The van der Waals surface area contributed by atoms with Crippen LogP contribution < -0.4 is 5.32 Å². The predicted octanol–water partition coefficient (Wildman–Crippen LogP) is 4.74. The van der Waals surface area contributed by atoms with E-state index in [9.17, 15) is 13.6 Å². The lowest BCUT2D eigenvalue weighted by Crippen LogP contribution is -2.15. The Bertz CT molecular complexity index is 1080. The van der Waals surface area contributed by atoms with Gasteiger partial charge in [0.15, 0.2) is 5.13 Å². The lowest BCUT2D eigenvalue weighted by molar-refractivity contribution is 0.101. The molecule has 0 aliphatic heterocycles. The average molecular weight is 361 g/mol. The van der Waals surface area contributed by atoms with E-state index in [0.29, 0.717) is 5.52 Å². The van der Waals surface area contributed by atoms with Gasteiger partial charge in [0.1, 0.15) is 22.7 Å². The second-order valence-corrected chi connectivity index (χ2v) is 7.30. The Morgan fingerprint density at radius 1 is 1.08 bits per heavy atom. The molecule has 0 aliphatic rings. The average Bonchev–Trinajstić information content (AvgIpc) is 3.08. The lowest BCUT2D eigenvalue weighted by atomic mass is 10.2. The zero-order valence-electron chi connectivity index (χ0n) is 12.3. The van der Waals surface area contributed by atoms with Gasteiger partial charge >= 0.3 is 0 Å². The first-order valence-corrected chi connectivity index (χ1v) is 8.58. The number of aryl methyl sites for hydroxylation is 1. The molecule has 1 N–H and O–H groups in total. The second kappa shape index (κ2) is 5.57. The van der Waals surface area contributed by atoms with E-state index in [1.54, 1.807) is 11.3 Å². The van der Waals surface area contributed by atoms with Crippen molar-refractivity contribution < 1.29 is 13.6 Å². The maximum Gasteiger partial charge on any atom is 0.263 e.